The van der Waals surface area contributed by atoms with Gasteiger partial charge in [-0.3, -0.25) is 18.6 Å². The first-order chi connectivity index (χ1) is 52.0. The van der Waals surface area contributed by atoms with Crippen molar-refractivity contribution in [1.82, 2.24) is 0 Å². The Hall–Kier alpha value is -3.33. The highest BCUT2D eigenvalue weighted by Gasteiger charge is 2.27. The third-order valence-corrected chi connectivity index (χ3v) is 21.3. The fraction of sp³-hybridized carbons (Fsp3) is 0.792. The van der Waals surface area contributed by atoms with Crippen molar-refractivity contribution >= 4 is 19.8 Å². The molecule has 0 fully saturated rings. The van der Waals surface area contributed by atoms with Crippen LogP contribution in [0.25, 0.3) is 0 Å². The molecule has 0 spiro atoms. The number of carbonyl (C=O) groups excluding carboxylic acids is 2. The van der Waals surface area contributed by atoms with Crippen molar-refractivity contribution in [2.45, 2.75) is 444 Å². The van der Waals surface area contributed by atoms with Crippen molar-refractivity contribution in [3.63, 3.8) is 0 Å². The van der Waals surface area contributed by atoms with Crippen LogP contribution in [0.4, 0.5) is 0 Å². The highest BCUT2D eigenvalue weighted by molar-refractivity contribution is 7.47. The van der Waals surface area contributed by atoms with Crippen molar-refractivity contribution < 1.29 is 42.1 Å². The number of phosphoric acid groups is 1. The maximum absolute atomic E-state index is 13.0. The molecule has 0 bridgehead atoms. The zero-order valence-electron chi connectivity index (χ0n) is 70.7. The van der Waals surface area contributed by atoms with Gasteiger partial charge in [-0.15, -0.1) is 0 Å². The fourth-order valence-corrected chi connectivity index (χ4v) is 14.1. The van der Waals surface area contributed by atoms with Gasteiger partial charge >= 0.3 is 19.8 Å². The smallest absolute Gasteiger partial charge is 0.462 e. The topological polar surface area (TPSA) is 108 Å². The van der Waals surface area contributed by atoms with E-state index in [-0.39, 0.29) is 25.6 Å². The lowest BCUT2D eigenvalue weighted by Gasteiger charge is -2.24. The Kier molecular flexibility index (Phi) is 83.0. The normalized spacial score (nSPS) is 13.5. The molecule has 0 saturated carbocycles. The van der Waals surface area contributed by atoms with Gasteiger partial charge in [0.15, 0.2) is 6.10 Å². The summed E-state index contributed by atoms with van der Waals surface area (Å²) in [6.07, 6.45) is 123. The van der Waals surface area contributed by atoms with Crippen molar-refractivity contribution in [2.75, 3.05) is 47.5 Å². The molecule has 2 unspecified atom stereocenters. The Balaban J connectivity index is 3.87. The van der Waals surface area contributed by atoms with E-state index in [2.05, 4.69) is 123 Å². The maximum Gasteiger partial charge on any atom is 0.472 e. The van der Waals surface area contributed by atoms with E-state index in [1.54, 1.807) is 0 Å². The van der Waals surface area contributed by atoms with Crippen LogP contribution in [0.5, 0.6) is 0 Å². The van der Waals surface area contributed by atoms with Gasteiger partial charge in [0.25, 0.3) is 0 Å². The second-order valence-corrected chi connectivity index (χ2v) is 33.4. The summed E-state index contributed by atoms with van der Waals surface area (Å²) < 4.78 is 34.9. The third kappa shape index (κ3) is 89.6. The predicted octanol–water partition coefficient (Wildman–Crippen LogP) is 31.1. The van der Waals surface area contributed by atoms with Crippen LogP contribution >= 0.6 is 7.82 Å². The maximum atomic E-state index is 13.0. The molecule has 0 radical (unpaired) electrons. The van der Waals surface area contributed by atoms with Crippen molar-refractivity contribution in [1.29, 1.82) is 0 Å². The summed E-state index contributed by atoms with van der Waals surface area (Å²) in [4.78, 5) is 36.1. The number of unbranched alkanes of at least 4 members (excludes halogenated alkanes) is 53. The van der Waals surface area contributed by atoms with E-state index in [1.165, 1.54) is 321 Å². The first-order valence-corrected chi connectivity index (χ1v) is 47.1. The Morgan fingerprint density at radius 1 is 0.302 bits per heavy atom. The zero-order valence-corrected chi connectivity index (χ0v) is 71.6. The van der Waals surface area contributed by atoms with Crippen LogP contribution in [-0.4, -0.2) is 74.9 Å². The first kappa shape index (κ1) is 103. The van der Waals surface area contributed by atoms with Gasteiger partial charge in [-0.1, -0.05) is 431 Å². The minimum Gasteiger partial charge on any atom is -0.462 e. The van der Waals surface area contributed by atoms with E-state index in [0.717, 1.165) is 83.5 Å². The lowest BCUT2D eigenvalue weighted by Crippen LogP contribution is -2.37. The highest BCUT2D eigenvalue weighted by Crippen LogP contribution is 2.43. The number of rotatable bonds is 85. The second-order valence-electron chi connectivity index (χ2n) is 32.0. The van der Waals surface area contributed by atoms with Crippen LogP contribution in [0.2, 0.25) is 0 Å². The number of ether oxygens (including phenoxy) is 2. The second kappa shape index (κ2) is 85.7. The van der Waals surface area contributed by atoms with Crippen molar-refractivity contribution in [3.8, 4) is 0 Å². The summed E-state index contributed by atoms with van der Waals surface area (Å²) in [7, 11) is 1.49. The molecular formula is C96H175NO8P+. The van der Waals surface area contributed by atoms with E-state index in [4.69, 9.17) is 18.5 Å². The number of hydrogen-bond donors (Lipinski definition) is 1. The molecule has 106 heavy (non-hydrogen) atoms. The molecule has 0 aromatic rings. The van der Waals surface area contributed by atoms with E-state index in [9.17, 15) is 19.0 Å². The molecule has 9 nitrogen and oxygen atoms in total. The van der Waals surface area contributed by atoms with Gasteiger partial charge in [-0.25, -0.2) is 4.57 Å². The van der Waals surface area contributed by atoms with Crippen LogP contribution in [0.15, 0.2) is 109 Å². The number of carbonyl (C=O) groups is 2. The third-order valence-electron chi connectivity index (χ3n) is 20.3. The van der Waals surface area contributed by atoms with Crippen LogP contribution in [0.1, 0.15) is 438 Å². The quantitative estimate of drug-likeness (QED) is 0.0211. The minimum absolute atomic E-state index is 0.0321. The summed E-state index contributed by atoms with van der Waals surface area (Å²) in [6, 6.07) is 0. The summed E-state index contributed by atoms with van der Waals surface area (Å²) in [5.41, 5.74) is 0. The number of likely N-dealkylation sites (N-methyl/N-ethyl adjacent to an activating group) is 1. The van der Waals surface area contributed by atoms with Crippen LogP contribution in [0, 0.1) is 0 Å². The fourth-order valence-electron chi connectivity index (χ4n) is 13.4. The van der Waals surface area contributed by atoms with Crippen molar-refractivity contribution in [3.05, 3.63) is 109 Å². The van der Waals surface area contributed by atoms with Gasteiger partial charge < -0.3 is 18.9 Å². The predicted molar refractivity (Wildman–Crippen MR) is 464 cm³/mol. The molecule has 0 amide bonds. The molecule has 1 N–H and O–H groups in total. The molecule has 0 heterocycles. The Morgan fingerprint density at radius 2 is 0.538 bits per heavy atom. The molecule has 0 aliphatic heterocycles. The van der Waals surface area contributed by atoms with Gasteiger partial charge in [0, 0.05) is 12.8 Å². The molecule has 0 aromatic carbocycles. The van der Waals surface area contributed by atoms with Crippen LogP contribution < -0.4 is 0 Å². The van der Waals surface area contributed by atoms with E-state index >= 15 is 0 Å². The van der Waals surface area contributed by atoms with Gasteiger partial charge in [-0.05, 0) is 103 Å². The van der Waals surface area contributed by atoms with E-state index < -0.39 is 26.5 Å². The van der Waals surface area contributed by atoms with E-state index in [1.807, 2.05) is 21.1 Å². The monoisotopic (exact) mass is 1500 g/mol. The largest absolute Gasteiger partial charge is 0.472 e. The molecular weight excluding hydrogens is 1330 g/mol. The highest BCUT2D eigenvalue weighted by atomic mass is 31.2. The lowest BCUT2D eigenvalue weighted by atomic mass is 10.0. The molecule has 0 rings (SSSR count). The number of phosphoric ester groups is 1. The van der Waals surface area contributed by atoms with Gasteiger partial charge in [-0.2, -0.15) is 0 Å². The molecule has 0 aliphatic rings. The van der Waals surface area contributed by atoms with Crippen LogP contribution in [0.3, 0.4) is 0 Å². The average molecular weight is 1500 g/mol. The van der Waals surface area contributed by atoms with E-state index in [0.29, 0.717) is 23.9 Å². The van der Waals surface area contributed by atoms with Crippen molar-refractivity contribution in [2.24, 2.45) is 0 Å². The standard InChI is InChI=1S/C96H174NO8P/c1-6-8-10-12-14-16-18-20-22-24-26-28-30-32-34-36-38-40-42-44-46-48-50-52-54-56-58-60-62-64-66-68-70-72-74-76-78-80-82-84-86-88-95(98)102-92-94(93-104-106(100,101)103-91-90-97(3,4)5)105-96(99)89-87-85-83-81-79-77-75-73-71-69-67-65-63-61-59-57-55-53-51-49-47-45-43-41-39-37-35-33-31-29-27-25-23-21-19-17-15-13-11-9-7-2/h9,11,15,17-18,20-21,23-24,26-27,29,33,35,39,41,45,47,94H,6-8,10,12-14,16,19,22,25,28,30-32,34,36-38,40,42-44,46,48-93H2,1-5H3/p+1/b11-9-,17-15-,20-18-,23-21-,26-24-,29-27-,35-33-,41-39-,47-45-. The Morgan fingerprint density at radius 3 is 0.802 bits per heavy atom. The summed E-state index contributed by atoms with van der Waals surface area (Å²) in [6.45, 7) is 4.37. The summed E-state index contributed by atoms with van der Waals surface area (Å²) in [5, 5.41) is 0. The molecule has 2 atom stereocenters. The van der Waals surface area contributed by atoms with Gasteiger partial charge in [0.05, 0.1) is 27.7 Å². The number of quaternary nitrogens is 1. The van der Waals surface area contributed by atoms with Crippen LogP contribution in [-0.2, 0) is 32.7 Å². The number of hydrogen-bond acceptors (Lipinski definition) is 7. The molecule has 0 aromatic heterocycles. The zero-order chi connectivity index (χ0) is 76.8. The molecule has 0 saturated heterocycles. The number of nitrogens with zero attached hydrogens (tertiary/aromatic N) is 1. The molecule has 10 heteroatoms. The number of allylic oxidation sites excluding steroid dienone is 18. The summed E-state index contributed by atoms with van der Waals surface area (Å²) in [5.74, 6) is -0.776. The van der Waals surface area contributed by atoms with Gasteiger partial charge in [0.1, 0.15) is 19.8 Å². The Bertz CT molecular complexity index is 2170. The lowest BCUT2D eigenvalue weighted by molar-refractivity contribution is -0.870. The molecule has 616 valence electrons. The van der Waals surface area contributed by atoms with Gasteiger partial charge in [0.2, 0.25) is 0 Å². The summed E-state index contributed by atoms with van der Waals surface area (Å²) >= 11 is 0. The molecule has 0 aliphatic carbocycles. The minimum atomic E-state index is -4.40. The Labute approximate surface area is 658 Å². The SMILES string of the molecule is CC/C=C\C/C=C\C/C=C\C/C=C\C/C=C\C/C=C\C/C=C\CCCCCCCCCCCCCCCCCCCCCC(=O)OC(COC(=O)CCCCCCCCCCCCCCCCCCCCCCCCCCCCCCC/C=C\C/C=C\CCCCCCC)COP(=O)(O)OCC[N+](C)(C)C. The first-order valence-electron chi connectivity index (χ1n) is 45.6. The number of esters is 2. The average Bonchev–Trinajstić information content (AvgIpc) is 0.908.